The van der Waals surface area contributed by atoms with Gasteiger partial charge in [0, 0.05) is 18.5 Å². The van der Waals surface area contributed by atoms with Gasteiger partial charge in [0.1, 0.15) is 18.3 Å². The van der Waals surface area contributed by atoms with Crippen LogP contribution in [0.5, 0.6) is 0 Å². The number of benzene rings is 2. The number of nitrogens with one attached hydrogen (secondary N) is 2. The first kappa shape index (κ1) is 20.7. The van der Waals surface area contributed by atoms with Gasteiger partial charge in [0.05, 0.1) is 0 Å². The number of aliphatic carboxylic acids is 1. The highest BCUT2D eigenvalue weighted by Crippen LogP contribution is 2.44. The van der Waals surface area contributed by atoms with Crippen LogP contribution in [0.25, 0.3) is 11.1 Å². The summed E-state index contributed by atoms with van der Waals surface area (Å²) in [4.78, 5) is 37.7. The summed E-state index contributed by atoms with van der Waals surface area (Å²) in [6.07, 6.45) is 0.355. The number of carbonyl (C=O) groups excluding carboxylic acids is 2. The standard InChI is InChI=1S/C24H22N4O5/c29-22(28-11-5-10-20(28)23(30)31)19-12-21(27-26-19)25-24(32)33-13-18-16-8-3-1-6-14(16)15-7-2-4-9-17(15)18/h1-4,6-9,12,18,20H,5,10-11,13H2,(H,30,31)(H2,25,26,27,32)/t20-/m1/s1. The Balaban J connectivity index is 1.23. The minimum absolute atomic E-state index is 0.0670. The minimum atomic E-state index is -1.03. The summed E-state index contributed by atoms with van der Waals surface area (Å²) >= 11 is 0. The Labute approximate surface area is 189 Å². The van der Waals surface area contributed by atoms with Gasteiger partial charge in [0.15, 0.2) is 5.82 Å². The third kappa shape index (κ3) is 3.82. The Hall–Kier alpha value is -4.14. The molecule has 0 unspecified atom stereocenters. The highest BCUT2D eigenvalue weighted by molar-refractivity contribution is 5.96. The predicted molar refractivity (Wildman–Crippen MR) is 119 cm³/mol. The summed E-state index contributed by atoms with van der Waals surface area (Å²) in [6.45, 7) is 0.522. The molecule has 9 nitrogen and oxygen atoms in total. The molecule has 1 atom stereocenters. The molecular weight excluding hydrogens is 424 g/mol. The Morgan fingerprint density at radius 2 is 1.76 bits per heavy atom. The summed E-state index contributed by atoms with van der Waals surface area (Å²) in [5.74, 6) is -1.44. The molecule has 3 N–H and O–H groups in total. The lowest BCUT2D eigenvalue weighted by Crippen LogP contribution is -2.40. The number of carbonyl (C=O) groups is 3. The van der Waals surface area contributed by atoms with Crippen LogP contribution in [0.2, 0.25) is 0 Å². The van der Waals surface area contributed by atoms with Crippen LogP contribution >= 0.6 is 0 Å². The number of aromatic nitrogens is 2. The first-order valence-electron chi connectivity index (χ1n) is 10.7. The van der Waals surface area contributed by atoms with Crippen molar-refractivity contribution in [1.29, 1.82) is 0 Å². The average molecular weight is 446 g/mol. The van der Waals surface area contributed by atoms with E-state index in [9.17, 15) is 19.5 Å². The molecule has 1 aromatic heterocycles. The summed E-state index contributed by atoms with van der Waals surface area (Å²) in [6, 6.07) is 16.6. The minimum Gasteiger partial charge on any atom is -0.480 e. The van der Waals surface area contributed by atoms with Crippen LogP contribution in [-0.2, 0) is 9.53 Å². The molecular formula is C24H22N4O5. The normalized spacial score (nSPS) is 16.8. The van der Waals surface area contributed by atoms with Crippen molar-refractivity contribution in [3.8, 4) is 11.1 Å². The Bertz CT molecular complexity index is 1190. The number of hydrogen-bond donors (Lipinski definition) is 3. The van der Waals surface area contributed by atoms with Crippen molar-refractivity contribution in [2.75, 3.05) is 18.5 Å². The zero-order valence-electron chi connectivity index (χ0n) is 17.7. The van der Waals surface area contributed by atoms with Crippen molar-refractivity contribution in [2.45, 2.75) is 24.8 Å². The van der Waals surface area contributed by atoms with Crippen LogP contribution in [0, 0.1) is 0 Å². The fourth-order valence-electron chi connectivity index (χ4n) is 4.66. The molecule has 2 amide bonds. The van der Waals surface area contributed by atoms with Crippen LogP contribution in [0.15, 0.2) is 54.6 Å². The number of anilines is 1. The average Bonchev–Trinajstić information content (AvgIpc) is 3.55. The van der Waals surface area contributed by atoms with E-state index in [4.69, 9.17) is 4.74 Å². The van der Waals surface area contributed by atoms with E-state index in [1.807, 2.05) is 36.4 Å². The molecule has 2 aliphatic rings. The number of ether oxygens (including phenoxy) is 1. The number of carboxylic acids is 1. The third-order valence-electron chi connectivity index (χ3n) is 6.18. The first-order valence-corrected chi connectivity index (χ1v) is 10.7. The topological polar surface area (TPSA) is 125 Å². The molecule has 9 heteroatoms. The van der Waals surface area contributed by atoms with Gasteiger partial charge in [-0.25, -0.2) is 9.59 Å². The molecule has 0 bridgehead atoms. The van der Waals surface area contributed by atoms with E-state index in [0.717, 1.165) is 22.3 Å². The zero-order valence-corrected chi connectivity index (χ0v) is 17.7. The van der Waals surface area contributed by atoms with Gasteiger partial charge in [0.2, 0.25) is 0 Å². The molecule has 0 radical (unpaired) electrons. The van der Waals surface area contributed by atoms with Crippen molar-refractivity contribution in [2.24, 2.45) is 0 Å². The van der Waals surface area contributed by atoms with Crippen molar-refractivity contribution >= 4 is 23.8 Å². The van der Waals surface area contributed by atoms with E-state index in [-0.39, 0.29) is 24.0 Å². The number of hydrogen-bond acceptors (Lipinski definition) is 5. The fourth-order valence-corrected chi connectivity index (χ4v) is 4.66. The molecule has 33 heavy (non-hydrogen) atoms. The molecule has 2 aromatic carbocycles. The molecule has 1 saturated heterocycles. The molecule has 2 heterocycles. The molecule has 0 saturated carbocycles. The first-order chi connectivity index (χ1) is 16.0. The van der Waals surface area contributed by atoms with Gasteiger partial charge < -0.3 is 14.7 Å². The molecule has 168 valence electrons. The maximum Gasteiger partial charge on any atom is 0.412 e. The second-order valence-electron chi connectivity index (χ2n) is 8.11. The van der Waals surface area contributed by atoms with Crippen LogP contribution in [0.1, 0.15) is 40.4 Å². The zero-order chi connectivity index (χ0) is 22.9. The largest absolute Gasteiger partial charge is 0.480 e. The lowest BCUT2D eigenvalue weighted by Gasteiger charge is -2.20. The molecule has 1 fully saturated rings. The van der Waals surface area contributed by atoms with Gasteiger partial charge in [0.25, 0.3) is 5.91 Å². The lowest BCUT2D eigenvalue weighted by molar-refractivity contribution is -0.141. The van der Waals surface area contributed by atoms with Gasteiger partial charge in [-0.3, -0.25) is 15.2 Å². The van der Waals surface area contributed by atoms with Crippen molar-refractivity contribution in [3.63, 3.8) is 0 Å². The van der Waals surface area contributed by atoms with Crippen molar-refractivity contribution < 1.29 is 24.2 Å². The van der Waals surface area contributed by atoms with Gasteiger partial charge in [-0.05, 0) is 35.1 Å². The van der Waals surface area contributed by atoms with E-state index in [2.05, 4.69) is 27.6 Å². The SMILES string of the molecule is O=C(Nc1cc(C(=O)N2CCC[C@@H]2C(=O)O)[nH]n1)OCC1c2ccccc2-c2ccccc21. The number of rotatable bonds is 5. The Morgan fingerprint density at radius 1 is 1.09 bits per heavy atom. The summed E-state index contributed by atoms with van der Waals surface area (Å²) in [5.41, 5.74) is 4.60. The van der Waals surface area contributed by atoms with Crippen LogP contribution in [0.4, 0.5) is 10.6 Å². The Morgan fingerprint density at radius 3 is 2.42 bits per heavy atom. The summed E-state index contributed by atoms with van der Waals surface area (Å²) in [7, 11) is 0. The number of amides is 2. The predicted octanol–water partition coefficient (Wildman–Crippen LogP) is 3.46. The summed E-state index contributed by atoms with van der Waals surface area (Å²) < 4.78 is 5.48. The molecule has 0 spiro atoms. The monoisotopic (exact) mass is 446 g/mol. The van der Waals surface area contributed by atoms with Crippen molar-refractivity contribution in [3.05, 3.63) is 71.4 Å². The third-order valence-corrected chi connectivity index (χ3v) is 6.18. The maximum absolute atomic E-state index is 12.6. The highest BCUT2D eigenvalue weighted by Gasteiger charge is 2.35. The number of nitrogens with zero attached hydrogens (tertiary/aromatic N) is 2. The van der Waals surface area contributed by atoms with E-state index < -0.39 is 24.0 Å². The smallest absolute Gasteiger partial charge is 0.412 e. The molecule has 1 aliphatic heterocycles. The van der Waals surface area contributed by atoms with Crippen LogP contribution in [-0.4, -0.2) is 57.4 Å². The van der Waals surface area contributed by atoms with E-state index >= 15 is 0 Å². The fraction of sp³-hybridized carbons (Fsp3) is 0.250. The number of fused-ring (bicyclic) bond motifs is 3. The van der Waals surface area contributed by atoms with Gasteiger partial charge in [-0.1, -0.05) is 48.5 Å². The molecule has 1 aliphatic carbocycles. The van der Waals surface area contributed by atoms with Gasteiger partial charge in [-0.2, -0.15) is 5.10 Å². The second kappa shape index (κ2) is 8.42. The van der Waals surface area contributed by atoms with E-state index in [1.165, 1.54) is 11.0 Å². The molecule has 3 aromatic rings. The second-order valence-corrected chi connectivity index (χ2v) is 8.11. The number of carboxylic acid groups (broad SMARTS) is 1. The number of H-pyrrole nitrogens is 1. The maximum atomic E-state index is 12.6. The van der Waals surface area contributed by atoms with E-state index in [0.29, 0.717) is 19.4 Å². The summed E-state index contributed by atoms with van der Waals surface area (Å²) in [5, 5.41) is 18.3. The quantitative estimate of drug-likeness (QED) is 0.551. The number of aromatic amines is 1. The number of likely N-dealkylation sites (tertiary alicyclic amines) is 1. The van der Waals surface area contributed by atoms with Crippen LogP contribution < -0.4 is 5.32 Å². The lowest BCUT2D eigenvalue weighted by atomic mass is 9.98. The van der Waals surface area contributed by atoms with Gasteiger partial charge in [-0.15, -0.1) is 0 Å². The van der Waals surface area contributed by atoms with Gasteiger partial charge >= 0.3 is 12.1 Å². The molecule has 5 rings (SSSR count). The Kier molecular flexibility index (Phi) is 5.29. The van der Waals surface area contributed by atoms with Crippen LogP contribution in [0.3, 0.4) is 0 Å². The van der Waals surface area contributed by atoms with Crippen molar-refractivity contribution in [1.82, 2.24) is 15.1 Å². The van der Waals surface area contributed by atoms with E-state index in [1.54, 1.807) is 0 Å². The highest BCUT2D eigenvalue weighted by atomic mass is 16.5.